The van der Waals surface area contributed by atoms with Crippen LogP contribution >= 0.6 is 12.4 Å². The summed E-state index contributed by atoms with van der Waals surface area (Å²) in [5.41, 5.74) is 7.00. The van der Waals surface area contributed by atoms with E-state index < -0.39 is 6.04 Å². The van der Waals surface area contributed by atoms with E-state index in [0.717, 1.165) is 18.6 Å². The molecule has 1 unspecified atom stereocenters. The predicted molar refractivity (Wildman–Crippen MR) is 84.4 cm³/mol. The number of hydrogen-bond acceptors (Lipinski definition) is 3. The highest BCUT2D eigenvalue weighted by Gasteiger charge is 2.16. The van der Waals surface area contributed by atoms with Crippen molar-refractivity contribution >= 4 is 18.3 Å². The number of nitrogens with two attached hydrogens (primary N) is 1. The lowest BCUT2D eigenvalue weighted by Gasteiger charge is -2.21. The molecule has 0 aliphatic carbocycles. The zero-order valence-corrected chi connectivity index (χ0v) is 13.3. The predicted octanol–water partition coefficient (Wildman–Crippen LogP) is 2.38. The Morgan fingerprint density at radius 1 is 1.35 bits per heavy atom. The van der Waals surface area contributed by atoms with Crippen molar-refractivity contribution in [3.63, 3.8) is 0 Å². The summed E-state index contributed by atoms with van der Waals surface area (Å²) in [6.07, 6.45) is 1.64. The minimum Gasteiger partial charge on any atom is -0.492 e. The van der Waals surface area contributed by atoms with E-state index in [9.17, 15) is 4.79 Å². The molecule has 2 N–H and O–H groups in total. The van der Waals surface area contributed by atoms with Crippen LogP contribution in [0.4, 0.5) is 0 Å². The van der Waals surface area contributed by atoms with Gasteiger partial charge >= 0.3 is 0 Å². The van der Waals surface area contributed by atoms with E-state index in [4.69, 9.17) is 10.5 Å². The minimum atomic E-state index is -0.394. The Balaban J connectivity index is 0.00000361. The van der Waals surface area contributed by atoms with Gasteiger partial charge in [0.1, 0.15) is 12.4 Å². The first kappa shape index (κ1) is 18.7. The van der Waals surface area contributed by atoms with Crippen molar-refractivity contribution in [1.82, 2.24) is 4.90 Å². The van der Waals surface area contributed by atoms with Gasteiger partial charge in [-0.1, -0.05) is 31.0 Å². The van der Waals surface area contributed by atoms with Gasteiger partial charge in [0.25, 0.3) is 0 Å². The second kappa shape index (κ2) is 9.61. The molecule has 1 rings (SSSR count). The summed E-state index contributed by atoms with van der Waals surface area (Å²) in [6, 6.07) is 7.47. The first-order chi connectivity index (χ1) is 9.04. The summed E-state index contributed by atoms with van der Waals surface area (Å²) >= 11 is 0. The Morgan fingerprint density at radius 3 is 2.50 bits per heavy atom. The Kier molecular flexibility index (Phi) is 9.01. The number of benzene rings is 1. The molecule has 0 aliphatic heterocycles. The van der Waals surface area contributed by atoms with Crippen LogP contribution < -0.4 is 10.5 Å². The molecule has 0 saturated heterocycles. The van der Waals surface area contributed by atoms with Crippen LogP contribution in [0, 0.1) is 6.92 Å². The number of amides is 1. The van der Waals surface area contributed by atoms with Crippen LogP contribution in [0.5, 0.6) is 5.75 Å². The van der Waals surface area contributed by atoms with Gasteiger partial charge in [0, 0.05) is 7.05 Å². The SMILES string of the molecule is CCCC(N)C(=O)N(C)CCOc1ccc(C)cc1.Cl. The molecule has 0 bridgehead atoms. The molecule has 0 saturated carbocycles. The third kappa shape index (κ3) is 6.26. The van der Waals surface area contributed by atoms with Crippen LogP contribution in [0.25, 0.3) is 0 Å². The van der Waals surface area contributed by atoms with Gasteiger partial charge in [-0.25, -0.2) is 0 Å². The molecular weight excluding hydrogens is 276 g/mol. The molecule has 1 amide bonds. The quantitative estimate of drug-likeness (QED) is 0.841. The standard InChI is InChI=1S/C15H24N2O2.ClH/c1-4-5-14(16)15(18)17(3)10-11-19-13-8-6-12(2)7-9-13;/h6-9,14H,4-5,10-11,16H2,1-3H3;1H. The second-order valence-corrected chi connectivity index (χ2v) is 4.82. The highest BCUT2D eigenvalue weighted by Crippen LogP contribution is 2.11. The molecule has 0 aromatic heterocycles. The maximum Gasteiger partial charge on any atom is 0.239 e. The Labute approximate surface area is 127 Å². The molecule has 114 valence electrons. The molecule has 0 spiro atoms. The van der Waals surface area contributed by atoms with Crippen LogP contribution in [0.3, 0.4) is 0 Å². The van der Waals surface area contributed by atoms with Gasteiger partial charge in [0.15, 0.2) is 0 Å². The number of halogens is 1. The lowest BCUT2D eigenvalue weighted by atomic mass is 10.1. The summed E-state index contributed by atoms with van der Waals surface area (Å²) in [6.45, 7) is 5.08. The van der Waals surface area contributed by atoms with Crippen molar-refractivity contribution in [2.45, 2.75) is 32.7 Å². The van der Waals surface area contributed by atoms with E-state index in [0.29, 0.717) is 13.2 Å². The number of aryl methyl sites for hydroxylation is 1. The molecule has 4 nitrogen and oxygen atoms in total. The molecule has 1 aromatic carbocycles. The van der Waals surface area contributed by atoms with Crippen molar-refractivity contribution in [2.75, 3.05) is 20.2 Å². The number of carbonyl (C=O) groups is 1. The van der Waals surface area contributed by atoms with Crippen molar-refractivity contribution in [3.8, 4) is 5.75 Å². The van der Waals surface area contributed by atoms with Gasteiger partial charge in [-0.15, -0.1) is 12.4 Å². The summed E-state index contributed by atoms with van der Waals surface area (Å²) in [7, 11) is 1.76. The summed E-state index contributed by atoms with van der Waals surface area (Å²) in [5, 5.41) is 0. The molecule has 0 aliphatic rings. The summed E-state index contributed by atoms with van der Waals surface area (Å²) < 4.78 is 5.59. The van der Waals surface area contributed by atoms with E-state index in [1.807, 2.05) is 38.1 Å². The van der Waals surface area contributed by atoms with E-state index in [-0.39, 0.29) is 18.3 Å². The van der Waals surface area contributed by atoms with Gasteiger partial charge in [0.2, 0.25) is 5.91 Å². The molecule has 0 fully saturated rings. The van der Waals surface area contributed by atoms with Crippen LogP contribution in [0.2, 0.25) is 0 Å². The summed E-state index contributed by atoms with van der Waals surface area (Å²) in [4.78, 5) is 13.5. The topological polar surface area (TPSA) is 55.6 Å². The first-order valence-corrected chi connectivity index (χ1v) is 6.74. The van der Waals surface area contributed by atoms with E-state index in [2.05, 4.69) is 0 Å². The molecule has 1 aromatic rings. The largest absolute Gasteiger partial charge is 0.492 e. The molecule has 5 heteroatoms. The van der Waals surface area contributed by atoms with Gasteiger partial charge < -0.3 is 15.4 Å². The maximum absolute atomic E-state index is 11.9. The van der Waals surface area contributed by atoms with Gasteiger partial charge in [0.05, 0.1) is 12.6 Å². The molecule has 1 atom stereocenters. The van der Waals surface area contributed by atoms with E-state index >= 15 is 0 Å². The average Bonchev–Trinajstić information content (AvgIpc) is 2.40. The number of hydrogen-bond donors (Lipinski definition) is 1. The number of likely N-dealkylation sites (N-methyl/N-ethyl adjacent to an activating group) is 1. The zero-order valence-electron chi connectivity index (χ0n) is 12.5. The fraction of sp³-hybridized carbons (Fsp3) is 0.533. The van der Waals surface area contributed by atoms with Crippen LogP contribution in [-0.2, 0) is 4.79 Å². The highest BCUT2D eigenvalue weighted by molar-refractivity contribution is 5.85. The van der Waals surface area contributed by atoms with Gasteiger partial charge in [-0.2, -0.15) is 0 Å². The van der Waals surface area contributed by atoms with Crippen LogP contribution in [0.15, 0.2) is 24.3 Å². The smallest absolute Gasteiger partial charge is 0.239 e. The average molecular weight is 301 g/mol. The number of carbonyl (C=O) groups excluding carboxylic acids is 1. The number of nitrogens with zero attached hydrogens (tertiary/aromatic N) is 1. The van der Waals surface area contributed by atoms with E-state index in [1.54, 1.807) is 11.9 Å². The minimum absolute atomic E-state index is 0. The van der Waals surface area contributed by atoms with E-state index in [1.165, 1.54) is 5.56 Å². The maximum atomic E-state index is 11.9. The van der Waals surface area contributed by atoms with Crippen molar-refractivity contribution in [3.05, 3.63) is 29.8 Å². The van der Waals surface area contributed by atoms with Crippen molar-refractivity contribution in [2.24, 2.45) is 5.73 Å². The summed E-state index contributed by atoms with van der Waals surface area (Å²) in [5.74, 6) is 0.804. The Hall–Kier alpha value is -1.26. The third-order valence-electron chi connectivity index (χ3n) is 3.01. The van der Waals surface area contributed by atoms with Gasteiger partial charge in [-0.3, -0.25) is 4.79 Å². The molecule has 0 heterocycles. The fourth-order valence-corrected chi connectivity index (χ4v) is 1.76. The Morgan fingerprint density at radius 2 is 1.95 bits per heavy atom. The molecule has 0 radical (unpaired) electrons. The lowest BCUT2D eigenvalue weighted by molar-refractivity contribution is -0.131. The number of ether oxygens (including phenoxy) is 1. The normalized spacial score (nSPS) is 11.4. The lowest BCUT2D eigenvalue weighted by Crippen LogP contribution is -2.43. The molecular formula is C15H25ClN2O2. The zero-order chi connectivity index (χ0) is 14.3. The second-order valence-electron chi connectivity index (χ2n) is 4.82. The fourth-order valence-electron chi connectivity index (χ4n) is 1.76. The van der Waals surface area contributed by atoms with Gasteiger partial charge in [-0.05, 0) is 25.5 Å². The van der Waals surface area contributed by atoms with Crippen LogP contribution in [-0.4, -0.2) is 37.0 Å². The Bertz CT molecular complexity index is 395. The first-order valence-electron chi connectivity index (χ1n) is 6.74. The van der Waals surface area contributed by atoms with Crippen LogP contribution in [0.1, 0.15) is 25.3 Å². The number of rotatable bonds is 7. The van der Waals surface area contributed by atoms with Crippen molar-refractivity contribution < 1.29 is 9.53 Å². The monoisotopic (exact) mass is 300 g/mol. The van der Waals surface area contributed by atoms with Crippen molar-refractivity contribution in [1.29, 1.82) is 0 Å². The highest BCUT2D eigenvalue weighted by atomic mass is 35.5. The third-order valence-corrected chi connectivity index (χ3v) is 3.01. The molecule has 20 heavy (non-hydrogen) atoms.